The summed E-state index contributed by atoms with van der Waals surface area (Å²) in [6, 6.07) is 9.68. The first-order valence-electron chi connectivity index (χ1n) is 7.72. The lowest BCUT2D eigenvalue weighted by Gasteiger charge is -2.18. The highest BCUT2D eigenvalue weighted by Crippen LogP contribution is 2.20. The highest BCUT2D eigenvalue weighted by Gasteiger charge is 2.21. The Morgan fingerprint density at radius 2 is 1.88 bits per heavy atom. The highest BCUT2D eigenvalue weighted by molar-refractivity contribution is 7.89. The van der Waals surface area contributed by atoms with E-state index in [1.165, 1.54) is 22.6 Å². The van der Waals surface area contributed by atoms with Gasteiger partial charge >= 0.3 is 0 Å². The number of sulfonamides is 1. The van der Waals surface area contributed by atoms with Crippen molar-refractivity contribution in [3.8, 4) is 0 Å². The van der Waals surface area contributed by atoms with Gasteiger partial charge in [0, 0.05) is 30.7 Å². The van der Waals surface area contributed by atoms with Crippen LogP contribution >= 0.6 is 0 Å². The van der Waals surface area contributed by atoms with Crippen molar-refractivity contribution in [2.24, 2.45) is 0 Å². The minimum atomic E-state index is -3.56. The Morgan fingerprint density at radius 1 is 1.17 bits per heavy atom. The van der Waals surface area contributed by atoms with Crippen LogP contribution in [0.1, 0.15) is 29.9 Å². The SMILES string of the molecule is CCN(CC)S(=O)(=O)c1cccc(NC(=O)c2ccc(C)nc2)c1. The lowest BCUT2D eigenvalue weighted by Crippen LogP contribution is -2.30. The van der Waals surface area contributed by atoms with Gasteiger partial charge in [-0.1, -0.05) is 19.9 Å². The summed E-state index contributed by atoms with van der Waals surface area (Å²) in [6.45, 7) is 6.20. The van der Waals surface area contributed by atoms with Crippen LogP contribution in [-0.4, -0.2) is 36.7 Å². The lowest BCUT2D eigenvalue weighted by molar-refractivity contribution is 0.102. The Bertz CT molecular complexity index is 813. The number of aromatic nitrogens is 1. The normalized spacial score (nSPS) is 11.5. The van der Waals surface area contributed by atoms with E-state index in [4.69, 9.17) is 0 Å². The second-order valence-electron chi connectivity index (χ2n) is 5.26. The molecule has 1 amide bonds. The largest absolute Gasteiger partial charge is 0.322 e. The van der Waals surface area contributed by atoms with Gasteiger partial charge in [0.1, 0.15) is 0 Å². The second kappa shape index (κ2) is 7.55. The molecule has 24 heavy (non-hydrogen) atoms. The van der Waals surface area contributed by atoms with Gasteiger partial charge in [-0.05, 0) is 37.3 Å². The molecule has 7 heteroatoms. The maximum atomic E-state index is 12.5. The number of carbonyl (C=O) groups is 1. The number of hydrogen-bond acceptors (Lipinski definition) is 4. The molecule has 0 saturated heterocycles. The summed E-state index contributed by atoms with van der Waals surface area (Å²) in [5, 5.41) is 2.70. The van der Waals surface area contributed by atoms with E-state index in [1.54, 1.807) is 38.1 Å². The molecular weight excluding hydrogens is 326 g/mol. The van der Waals surface area contributed by atoms with Crippen molar-refractivity contribution in [3.63, 3.8) is 0 Å². The van der Waals surface area contributed by atoms with Gasteiger partial charge < -0.3 is 5.32 Å². The van der Waals surface area contributed by atoms with E-state index in [1.807, 2.05) is 6.92 Å². The molecule has 0 atom stereocenters. The first kappa shape index (κ1) is 18.1. The van der Waals surface area contributed by atoms with E-state index >= 15 is 0 Å². The van der Waals surface area contributed by atoms with Gasteiger partial charge in [0.05, 0.1) is 10.5 Å². The molecule has 0 aliphatic rings. The van der Waals surface area contributed by atoms with Gasteiger partial charge in [-0.3, -0.25) is 9.78 Å². The Morgan fingerprint density at radius 3 is 2.46 bits per heavy atom. The zero-order valence-electron chi connectivity index (χ0n) is 14.0. The number of nitrogens with zero attached hydrogens (tertiary/aromatic N) is 2. The van der Waals surface area contributed by atoms with E-state index in [2.05, 4.69) is 10.3 Å². The maximum absolute atomic E-state index is 12.5. The van der Waals surface area contributed by atoms with Gasteiger partial charge in [-0.2, -0.15) is 4.31 Å². The van der Waals surface area contributed by atoms with Gasteiger partial charge in [-0.15, -0.1) is 0 Å². The average molecular weight is 347 g/mol. The van der Waals surface area contributed by atoms with Crippen molar-refractivity contribution in [2.45, 2.75) is 25.7 Å². The Kier molecular flexibility index (Phi) is 5.69. The van der Waals surface area contributed by atoms with Crippen LogP contribution in [0.4, 0.5) is 5.69 Å². The number of benzene rings is 1. The molecule has 0 aliphatic heterocycles. The average Bonchev–Trinajstić information content (AvgIpc) is 2.56. The fourth-order valence-corrected chi connectivity index (χ4v) is 3.76. The first-order chi connectivity index (χ1) is 11.4. The topological polar surface area (TPSA) is 79.4 Å². The molecule has 128 valence electrons. The molecule has 0 spiro atoms. The number of nitrogens with one attached hydrogen (secondary N) is 1. The summed E-state index contributed by atoms with van der Waals surface area (Å²) in [5.41, 5.74) is 1.66. The van der Waals surface area contributed by atoms with E-state index in [0.717, 1.165) is 5.69 Å². The third kappa shape index (κ3) is 3.98. The predicted octanol–water partition coefficient (Wildman–Crippen LogP) is 2.67. The fourth-order valence-electron chi connectivity index (χ4n) is 2.25. The molecule has 1 N–H and O–H groups in total. The molecule has 0 radical (unpaired) electrons. The summed E-state index contributed by atoms with van der Waals surface area (Å²) >= 11 is 0. The van der Waals surface area contributed by atoms with Crippen LogP contribution in [0.3, 0.4) is 0 Å². The smallest absolute Gasteiger partial charge is 0.257 e. The summed E-state index contributed by atoms with van der Waals surface area (Å²) in [5.74, 6) is -0.333. The van der Waals surface area contributed by atoms with Crippen LogP contribution in [0.5, 0.6) is 0 Å². The number of pyridine rings is 1. The molecule has 0 bridgehead atoms. The van der Waals surface area contributed by atoms with Crippen molar-refractivity contribution in [3.05, 3.63) is 53.9 Å². The minimum absolute atomic E-state index is 0.158. The predicted molar refractivity (Wildman–Crippen MR) is 93.5 cm³/mol. The number of rotatable bonds is 6. The molecule has 2 aromatic rings. The van der Waals surface area contributed by atoms with Crippen LogP contribution in [0.25, 0.3) is 0 Å². The zero-order valence-corrected chi connectivity index (χ0v) is 14.8. The number of aryl methyl sites for hydroxylation is 1. The third-order valence-corrected chi connectivity index (χ3v) is 5.65. The summed E-state index contributed by atoms with van der Waals surface area (Å²) in [7, 11) is -3.56. The van der Waals surface area contributed by atoms with E-state index in [-0.39, 0.29) is 10.8 Å². The van der Waals surface area contributed by atoms with Crippen molar-refractivity contribution in [1.82, 2.24) is 9.29 Å². The Balaban J connectivity index is 2.24. The van der Waals surface area contributed by atoms with Gasteiger partial charge in [0.2, 0.25) is 10.0 Å². The van der Waals surface area contributed by atoms with Gasteiger partial charge in [0.15, 0.2) is 0 Å². The molecule has 6 nitrogen and oxygen atoms in total. The van der Waals surface area contributed by atoms with E-state index in [9.17, 15) is 13.2 Å². The molecule has 0 saturated carbocycles. The number of amides is 1. The standard InChI is InChI=1S/C17H21N3O3S/c1-4-20(5-2)24(22,23)16-8-6-7-15(11-16)19-17(21)14-10-9-13(3)18-12-14/h6-12H,4-5H2,1-3H3,(H,19,21). The van der Waals surface area contributed by atoms with Crippen molar-refractivity contribution < 1.29 is 13.2 Å². The summed E-state index contributed by atoms with van der Waals surface area (Å²) in [6.07, 6.45) is 1.49. The third-order valence-electron chi connectivity index (χ3n) is 3.61. The van der Waals surface area contributed by atoms with Crippen LogP contribution < -0.4 is 5.32 Å². The molecule has 1 heterocycles. The Labute approximate surface area is 142 Å². The highest BCUT2D eigenvalue weighted by atomic mass is 32.2. The van der Waals surface area contributed by atoms with E-state index < -0.39 is 10.0 Å². The second-order valence-corrected chi connectivity index (χ2v) is 7.20. The summed E-state index contributed by atoms with van der Waals surface area (Å²) in [4.78, 5) is 16.5. The molecule has 0 unspecified atom stereocenters. The minimum Gasteiger partial charge on any atom is -0.322 e. The summed E-state index contributed by atoms with van der Waals surface area (Å²) < 4.78 is 26.5. The van der Waals surface area contributed by atoms with Crippen LogP contribution in [0, 0.1) is 6.92 Å². The number of hydrogen-bond donors (Lipinski definition) is 1. The van der Waals surface area contributed by atoms with Gasteiger partial charge in [-0.25, -0.2) is 8.42 Å². The van der Waals surface area contributed by atoms with Crippen LogP contribution in [-0.2, 0) is 10.0 Å². The lowest BCUT2D eigenvalue weighted by atomic mass is 10.2. The molecule has 1 aromatic carbocycles. The molecule has 1 aromatic heterocycles. The quantitative estimate of drug-likeness (QED) is 0.871. The molecule has 2 rings (SSSR count). The number of carbonyl (C=O) groups excluding carboxylic acids is 1. The number of anilines is 1. The van der Waals surface area contributed by atoms with Crippen LogP contribution in [0.2, 0.25) is 0 Å². The zero-order chi connectivity index (χ0) is 17.7. The molecule has 0 fully saturated rings. The molecule has 0 aliphatic carbocycles. The van der Waals surface area contributed by atoms with Crippen LogP contribution in [0.15, 0.2) is 47.5 Å². The Hall–Kier alpha value is -2.25. The van der Waals surface area contributed by atoms with Crippen molar-refractivity contribution in [2.75, 3.05) is 18.4 Å². The maximum Gasteiger partial charge on any atom is 0.257 e. The molecular formula is C17H21N3O3S. The monoisotopic (exact) mass is 347 g/mol. The fraction of sp³-hybridized carbons (Fsp3) is 0.294. The van der Waals surface area contributed by atoms with E-state index in [0.29, 0.717) is 24.3 Å². The van der Waals surface area contributed by atoms with Crippen molar-refractivity contribution in [1.29, 1.82) is 0 Å². The van der Waals surface area contributed by atoms with Crippen molar-refractivity contribution >= 4 is 21.6 Å². The van der Waals surface area contributed by atoms with Gasteiger partial charge in [0.25, 0.3) is 5.91 Å². The first-order valence-corrected chi connectivity index (χ1v) is 9.16.